The molecule has 0 aliphatic carbocycles. The standard InChI is InChI=1S/C15H14Br2ClNO/c1-9(19)15(11-4-2-3-5-13(11)18)20-14-7-6-10(16)8-12(14)17/h2-9,15H,19H2,1H3. The van der Waals surface area contributed by atoms with Crippen molar-refractivity contribution in [1.29, 1.82) is 0 Å². The normalized spacial score (nSPS) is 13.8. The number of hydrogen-bond donors (Lipinski definition) is 1. The van der Waals surface area contributed by atoms with Crippen molar-refractivity contribution >= 4 is 43.5 Å². The molecule has 2 N–H and O–H groups in total. The SMILES string of the molecule is CC(N)C(Oc1ccc(Br)cc1Br)c1ccccc1Cl. The van der Waals surface area contributed by atoms with Gasteiger partial charge in [0.05, 0.1) is 4.47 Å². The molecule has 2 aromatic carbocycles. The van der Waals surface area contributed by atoms with Gasteiger partial charge in [-0.1, -0.05) is 45.7 Å². The molecule has 0 saturated carbocycles. The number of halogens is 3. The Balaban J connectivity index is 2.33. The number of ether oxygens (including phenoxy) is 1. The minimum atomic E-state index is -0.304. The fourth-order valence-electron chi connectivity index (χ4n) is 1.87. The van der Waals surface area contributed by atoms with Crippen LogP contribution in [0.15, 0.2) is 51.4 Å². The van der Waals surface area contributed by atoms with Gasteiger partial charge in [0.25, 0.3) is 0 Å². The molecule has 0 aromatic heterocycles. The predicted octanol–water partition coefficient (Wildman–Crippen LogP) is 5.33. The summed E-state index contributed by atoms with van der Waals surface area (Å²) in [4.78, 5) is 0. The molecule has 2 atom stereocenters. The highest BCUT2D eigenvalue weighted by molar-refractivity contribution is 9.11. The molecule has 2 nitrogen and oxygen atoms in total. The van der Waals surface area contributed by atoms with Gasteiger partial charge in [0, 0.05) is 21.1 Å². The van der Waals surface area contributed by atoms with E-state index in [2.05, 4.69) is 31.9 Å². The van der Waals surface area contributed by atoms with Crippen molar-refractivity contribution in [2.24, 2.45) is 5.73 Å². The van der Waals surface area contributed by atoms with Crippen molar-refractivity contribution in [3.05, 3.63) is 62.0 Å². The van der Waals surface area contributed by atoms with Crippen molar-refractivity contribution in [1.82, 2.24) is 0 Å². The molecule has 2 rings (SSSR count). The van der Waals surface area contributed by atoms with E-state index in [9.17, 15) is 0 Å². The molecule has 2 unspecified atom stereocenters. The topological polar surface area (TPSA) is 35.2 Å². The molecule has 0 saturated heterocycles. The first-order valence-electron chi connectivity index (χ1n) is 6.10. The van der Waals surface area contributed by atoms with Gasteiger partial charge in [0.15, 0.2) is 0 Å². The monoisotopic (exact) mass is 417 g/mol. The molecule has 0 heterocycles. The molecule has 0 aliphatic heterocycles. The second-order valence-corrected chi connectivity index (χ2v) is 6.67. The van der Waals surface area contributed by atoms with Gasteiger partial charge in [-0.05, 0) is 47.1 Å². The van der Waals surface area contributed by atoms with Crippen molar-refractivity contribution in [3.63, 3.8) is 0 Å². The van der Waals surface area contributed by atoms with Crippen LogP contribution in [0, 0.1) is 0 Å². The first-order valence-corrected chi connectivity index (χ1v) is 8.07. The van der Waals surface area contributed by atoms with Crippen LogP contribution in [0.1, 0.15) is 18.6 Å². The quantitative estimate of drug-likeness (QED) is 0.727. The van der Waals surface area contributed by atoms with Crippen LogP contribution in [0.2, 0.25) is 5.02 Å². The first-order chi connectivity index (χ1) is 9.49. The molecule has 20 heavy (non-hydrogen) atoms. The Hall–Kier alpha value is -0.550. The fraction of sp³-hybridized carbons (Fsp3) is 0.200. The number of benzene rings is 2. The third kappa shape index (κ3) is 3.76. The zero-order valence-electron chi connectivity index (χ0n) is 10.8. The van der Waals surface area contributed by atoms with E-state index in [0.29, 0.717) is 5.02 Å². The van der Waals surface area contributed by atoms with Gasteiger partial charge < -0.3 is 10.5 Å². The molecule has 5 heteroatoms. The van der Waals surface area contributed by atoms with Crippen LogP contribution in [-0.2, 0) is 0 Å². The lowest BCUT2D eigenvalue weighted by molar-refractivity contribution is 0.179. The average Bonchev–Trinajstić information content (AvgIpc) is 2.39. The summed E-state index contributed by atoms with van der Waals surface area (Å²) in [7, 11) is 0. The van der Waals surface area contributed by atoms with Gasteiger partial charge in [-0.25, -0.2) is 0 Å². The van der Waals surface area contributed by atoms with Crippen LogP contribution in [0.4, 0.5) is 0 Å². The highest BCUT2D eigenvalue weighted by Crippen LogP contribution is 2.34. The van der Waals surface area contributed by atoms with Crippen LogP contribution < -0.4 is 10.5 Å². The number of rotatable bonds is 4. The first kappa shape index (κ1) is 15.8. The summed E-state index contributed by atoms with van der Waals surface area (Å²) in [5.74, 6) is 0.732. The average molecular weight is 420 g/mol. The summed E-state index contributed by atoms with van der Waals surface area (Å²) in [6, 6.07) is 13.1. The highest BCUT2D eigenvalue weighted by Gasteiger charge is 2.21. The molecule has 0 fully saturated rings. The number of nitrogens with two attached hydrogens (primary N) is 1. The van der Waals surface area contributed by atoms with Gasteiger partial charge >= 0.3 is 0 Å². The van der Waals surface area contributed by atoms with E-state index in [0.717, 1.165) is 20.3 Å². The van der Waals surface area contributed by atoms with Gasteiger partial charge in [-0.2, -0.15) is 0 Å². The maximum Gasteiger partial charge on any atom is 0.140 e. The summed E-state index contributed by atoms with van der Waals surface area (Å²) in [5.41, 5.74) is 6.95. The highest BCUT2D eigenvalue weighted by atomic mass is 79.9. The van der Waals surface area contributed by atoms with E-state index < -0.39 is 0 Å². The van der Waals surface area contributed by atoms with Crippen LogP contribution in [0.25, 0.3) is 0 Å². The second-order valence-electron chi connectivity index (χ2n) is 4.49. The van der Waals surface area contributed by atoms with E-state index >= 15 is 0 Å². The van der Waals surface area contributed by atoms with Crippen LogP contribution in [0.3, 0.4) is 0 Å². The van der Waals surface area contributed by atoms with E-state index in [1.807, 2.05) is 49.4 Å². The Labute approximate surface area is 140 Å². The minimum absolute atomic E-state index is 0.189. The molecule has 0 spiro atoms. The Bertz CT molecular complexity index is 604. The maximum absolute atomic E-state index is 6.24. The van der Waals surface area contributed by atoms with Crippen LogP contribution >= 0.6 is 43.5 Å². The maximum atomic E-state index is 6.24. The summed E-state index contributed by atoms with van der Waals surface area (Å²) in [6.45, 7) is 1.90. The van der Waals surface area contributed by atoms with Gasteiger partial charge in [0.2, 0.25) is 0 Å². The lowest BCUT2D eigenvalue weighted by Crippen LogP contribution is -2.29. The lowest BCUT2D eigenvalue weighted by atomic mass is 10.0. The van der Waals surface area contributed by atoms with Crippen molar-refractivity contribution in [2.45, 2.75) is 19.1 Å². The Morgan fingerprint density at radius 2 is 1.85 bits per heavy atom. The van der Waals surface area contributed by atoms with Gasteiger partial charge in [0.1, 0.15) is 11.9 Å². The molecular weight excluding hydrogens is 405 g/mol. The summed E-state index contributed by atoms with van der Waals surface area (Å²) < 4.78 is 7.90. The van der Waals surface area contributed by atoms with Crippen molar-refractivity contribution < 1.29 is 4.74 Å². The van der Waals surface area contributed by atoms with Crippen LogP contribution in [-0.4, -0.2) is 6.04 Å². The third-order valence-corrected chi connectivity index (χ3v) is 4.29. The molecule has 0 amide bonds. The molecule has 2 aromatic rings. The molecule has 106 valence electrons. The summed E-state index contributed by atoms with van der Waals surface area (Å²) in [5, 5.41) is 0.656. The lowest BCUT2D eigenvalue weighted by Gasteiger charge is -2.24. The van der Waals surface area contributed by atoms with Gasteiger partial charge in [-0.15, -0.1) is 0 Å². The fourth-order valence-corrected chi connectivity index (χ4v) is 3.25. The van der Waals surface area contributed by atoms with E-state index in [4.69, 9.17) is 22.1 Å². The summed E-state index contributed by atoms with van der Waals surface area (Å²) in [6.07, 6.45) is -0.304. The zero-order chi connectivity index (χ0) is 14.7. The molecule has 0 bridgehead atoms. The van der Waals surface area contributed by atoms with E-state index in [-0.39, 0.29) is 12.1 Å². The zero-order valence-corrected chi connectivity index (χ0v) is 14.7. The van der Waals surface area contributed by atoms with Gasteiger partial charge in [-0.3, -0.25) is 0 Å². The Kier molecular flexibility index (Phi) is 5.49. The molecular formula is C15H14Br2ClNO. The Morgan fingerprint density at radius 3 is 2.45 bits per heavy atom. The predicted molar refractivity (Wildman–Crippen MR) is 90.3 cm³/mol. The van der Waals surface area contributed by atoms with Crippen molar-refractivity contribution in [2.75, 3.05) is 0 Å². The number of hydrogen-bond acceptors (Lipinski definition) is 2. The Morgan fingerprint density at radius 1 is 1.15 bits per heavy atom. The van der Waals surface area contributed by atoms with E-state index in [1.165, 1.54) is 0 Å². The second kappa shape index (κ2) is 6.94. The summed E-state index contributed by atoms with van der Waals surface area (Å²) >= 11 is 13.1. The van der Waals surface area contributed by atoms with Crippen molar-refractivity contribution in [3.8, 4) is 5.75 Å². The molecule has 0 aliphatic rings. The van der Waals surface area contributed by atoms with E-state index in [1.54, 1.807) is 0 Å². The molecule has 0 radical (unpaired) electrons. The minimum Gasteiger partial charge on any atom is -0.483 e. The van der Waals surface area contributed by atoms with Crippen LogP contribution in [0.5, 0.6) is 5.75 Å². The largest absolute Gasteiger partial charge is 0.483 e. The smallest absolute Gasteiger partial charge is 0.140 e. The third-order valence-electron chi connectivity index (χ3n) is 2.84.